The van der Waals surface area contributed by atoms with E-state index in [0.29, 0.717) is 50.9 Å². The van der Waals surface area contributed by atoms with Crippen molar-refractivity contribution in [2.45, 2.75) is 26.1 Å². The number of carbonyl (C=O) groups is 1. The topological polar surface area (TPSA) is 74.5 Å². The lowest BCUT2D eigenvalue weighted by atomic mass is 10.1. The summed E-state index contributed by atoms with van der Waals surface area (Å²) in [7, 11) is 0. The molecule has 2 heterocycles. The van der Waals surface area contributed by atoms with E-state index in [2.05, 4.69) is 20.4 Å². The summed E-state index contributed by atoms with van der Waals surface area (Å²) in [4.78, 5) is 20.5. The number of aromatic nitrogens is 2. The minimum absolute atomic E-state index is 0.0422. The number of carbonyl (C=O) groups excluding carboxylic acids is 1. The van der Waals surface area contributed by atoms with E-state index in [1.54, 1.807) is 0 Å². The molecule has 2 aromatic rings. The fraction of sp³-hybridized carbons (Fsp3) is 0.500. The highest BCUT2D eigenvalue weighted by molar-refractivity contribution is 5.93. The van der Waals surface area contributed by atoms with E-state index in [9.17, 15) is 18.0 Å². The summed E-state index contributed by atoms with van der Waals surface area (Å²) < 4.78 is 44.2. The van der Waals surface area contributed by atoms with Crippen LogP contribution in [0.2, 0.25) is 0 Å². The van der Waals surface area contributed by atoms with Crippen molar-refractivity contribution in [3.63, 3.8) is 0 Å². The highest BCUT2D eigenvalue weighted by atomic mass is 19.4. The van der Waals surface area contributed by atoms with Crippen molar-refractivity contribution < 1.29 is 22.5 Å². The second-order valence-electron chi connectivity index (χ2n) is 6.60. The first-order chi connectivity index (χ1) is 13.3. The number of alkyl halides is 3. The molecule has 1 aliphatic rings. The van der Waals surface area contributed by atoms with Crippen molar-refractivity contribution in [3.05, 3.63) is 41.5 Å². The number of nitrogens with one attached hydrogen (secondary N) is 1. The van der Waals surface area contributed by atoms with Crippen LogP contribution >= 0.6 is 0 Å². The Morgan fingerprint density at radius 3 is 2.50 bits per heavy atom. The SMILES string of the molecule is CCc1noc(CN2CCN(CC(=O)Nc3ccccc3C(F)(F)F)CC2)n1. The van der Waals surface area contributed by atoms with Gasteiger partial charge in [-0.15, -0.1) is 0 Å². The zero-order chi connectivity index (χ0) is 20.1. The summed E-state index contributed by atoms with van der Waals surface area (Å²) in [6.45, 7) is 5.21. The lowest BCUT2D eigenvalue weighted by Crippen LogP contribution is -2.48. The van der Waals surface area contributed by atoms with Gasteiger partial charge in [0.25, 0.3) is 0 Å². The van der Waals surface area contributed by atoms with Gasteiger partial charge in [-0.1, -0.05) is 24.2 Å². The number of halogens is 3. The Kier molecular flexibility index (Phi) is 6.30. The molecule has 1 aliphatic heterocycles. The Morgan fingerprint density at radius 1 is 1.18 bits per heavy atom. The van der Waals surface area contributed by atoms with E-state index in [4.69, 9.17) is 4.52 Å². The zero-order valence-corrected chi connectivity index (χ0v) is 15.5. The van der Waals surface area contributed by atoms with Crippen LogP contribution in [0.25, 0.3) is 0 Å². The molecule has 28 heavy (non-hydrogen) atoms. The number of rotatable bonds is 6. The van der Waals surface area contributed by atoms with Crippen molar-refractivity contribution in [2.24, 2.45) is 0 Å². The summed E-state index contributed by atoms with van der Waals surface area (Å²) in [5.74, 6) is 0.769. The van der Waals surface area contributed by atoms with Gasteiger partial charge in [-0.05, 0) is 12.1 Å². The predicted octanol–water partition coefficient (Wildman–Crippen LogP) is 2.41. The van der Waals surface area contributed by atoms with E-state index >= 15 is 0 Å². The molecule has 10 heteroatoms. The lowest BCUT2D eigenvalue weighted by molar-refractivity contribution is -0.137. The molecule has 1 N–H and O–H groups in total. The number of nitrogens with zero attached hydrogens (tertiary/aromatic N) is 4. The number of amides is 1. The second-order valence-corrected chi connectivity index (χ2v) is 6.60. The van der Waals surface area contributed by atoms with Crippen LogP contribution in [0.5, 0.6) is 0 Å². The minimum atomic E-state index is -4.51. The molecule has 0 spiro atoms. The third kappa shape index (κ3) is 5.29. The van der Waals surface area contributed by atoms with Gasteiger partial charge in [0, 0.05) is 32.6 Å². The molecule has 3 rings (SSSR count). The van der Waals surface area contributed by atoms with Gasteiger partial charge >= 0.3 is 6.18 Å². The Labute approximate surface area is 160 Å². The number of anilines is 1. The van der Waals surface area contributed by atoms with Gasteiger partial charge in [-0.2, -0.15) is 18.2 Å². The lowest BCUT2D eigenvalue weighted by Gasteiger charge is -2.33. The molecule has 1 aromatic carbocycles. The number of piperazine rings is 1. The van der Waals surface area contributed by atoms with Gasteiger partial charge in [0.2, 0.25) is 11.8 Å². The van der Waals surface area contributed by atoms with Crippen LogP contribution in [0.4, 0.5) is 18.9 Å². The van der Waals surface area contributed by atoms with Crippen LogP contribution in [-0.4, -0.2) is 58.6 Å². The maximum Gasteiger partial charge on any atom is 0.418 e. The molecule has 1 amide bonds. The van der Waals surface area contributed by atoms with E-state index in [1.807, 2.05) is 11.8 Å². The van der Waals surface area contributed by atoms with Crippen LogP contribution in [0, 0.1) is 0 Å². The fourth-order valence-corrected chi connectivity index (χ4v) is 3.03. The maximum atomic E-state index is 13.0. The predicted molar refractivity (Wildman–Crippen MR) is 95.5 cm³/mol. The summed E-state index contributed by atoms with van der Waals surface area (Å²) in [5.41, 5.74) is -1.07. The van der Waals surface area contributed by atoms with Gasteiger partial charge < -0.3 is 9.84 Å². The Bertz CT molecular complexity index is 801. The molecule has 0 unspecified atom stereocenters. The molecule has 0 radical (unpaired) electrons. The van der Waals surface area contributed by atoms with Crippen LogP contribution in [0.15, 0.2) is 28.8 Å². The van der Waals surface area contributed by atoms with E-state index in [0.717, 1.165) is 6.07 Å². The molecule has 1 aromatic heterocycles. The number of aryl methyl sites for hydroxylation is 1. The van der Waals surface area contributed by atoms with E-state index in [-0.39, 0.29) is 12.2 Å². The summed E-state index contributed by atoms with van der Waals surface area (Å²) in [6.07, 6.45) is -3.80. The van der Waals surface area contributed by atoms with Crippen molar-refractivity contribution in [2.75, 3.05) is 38.0 Å². The number of hydrogen-bond acceptors (Lipinski definition) is 6. The van der Waals surface area contributed by atoms with Gasteiger partial charge in [-0.25, -0.2) is 0 Å². The van der Waals surface area contributed by atoms with Crippen LogP contribution in [-0.2, 0) is 23.9 Å². The average Bonchev–Trinajstić information content (AvgIpc) is 3.10. The monoisotopic (exact) mass is 397 g/mol. The van der Waals surface area contributed by atoms with Crippen molar-refractivity contribution >= 4 is 11.6 Å². The highest BCUT2D eigenvalue weighted by Gasteiger charge is 2.33. The quantitative estimate of drug-likeness (QED) is 0.807. The molecule has 7 nitrogen and oxygen atoms in total. The van der Waals surface area contributed by atoms with Crippen LogP contribution in [0.3, 0.4) is 0 Å². The third-order valence-corrected chi connectivity index (χ3v) is 4.52. The van der Waals surface area contributed by atoms with Crippen LogP contribution in [0.1, 0.15) is 24.2 Å². The first-order valence-corrected chi connectivity index (χ1v) is 9.07. The minimum Gasteiger partial charge on any atom is -0.338 e. The molecule has 0 bridgehead atoms. The Balaban J connectivity index is 1.48. The third-order valence-electron chi connectivity index (χ3n) is 4.52. The summed E-state index contributed by atoms with van der Waals surface area (Å²) in [5, 5.41) is 6.24. The van der Waals surface area contributed by atoms with Crippen molar-refractivity contribution in [1.82, 2.24) is 19.9 Å². The maximum absolute atomic E-state index is 13.0. The fourth-order valence-electron chi connectivity index (χ4n) is 3.03. The Morgan fingerprint density at radius 2 is 1.86 bits per heavy atom. The molecule has 0 aliphatic carbocycles. The summed E-state index contributed by atoms with van der Waals surface area (Å²) in [6, 6.07) is 4.97. The molecule has 152 valence electrons. The second kappa shape index (κ2) is 8.70. The van der Waals surface area contributed by atoms with Gasteiger partial charge in [-0.3, -0.25) is 14.6 Å². The van der Waals surface area contributed by atoms with E-state index < -0.39 is 17.6 Å². The standard InChI is InChI=1S/C18H22F3N5O2/c1-2-15-23-17(28-24-15)12-26-9-7-25(8-10-26)11-16(27)22-14-6-4-3-5-13(14)18(19,20)21/h3-6H,2,7-12H2,1H3,(H,22,27). The molecule has 0 atom stereocenters. The average molecular weight is 397 g/mol. The van der Waals surface area contributed by atoms with Crippen molar-refractivity contribution in [1.29, 1.82) is 0 Å². The molecular weight excluding hydrogens is 375 g/mol. The first kappa shape index (κ1) is 20.3. The molecule has 1 saturated heterocycles. The first-order valence-electron chi connectivity index (χ1n) is 9.07. The normalized spacial score (nSPS) is 16.3. The number of hydrogen-bond donors (Lipinski definition) is 1. The smallest absolute Gasteiger partial charge is 0.338 e. The zero-order valence-electron chi connectivity index (χ0n) is 15.5. The highest BCUT2D eigenvalue weighted by Crippen LogP contribution is 2.34. The van der Waals surface area contributed by atoms with Gasteiger partial charge in [0.1, 0.15) is 0 Å². The molecule has 0 saturated carbocycles. The van der Waals surface area contributed by atoms with Gasteiger partial charge in [0.05, 0.1) is 24.3 Å². The van der Waals surface area contributed by atoms with Crippen LogP contribution < -0.4 is 5.32 Å². The number of para-hydroxylation sites is 1. The van der Waals surface area contributed by atoms with E-state index in [1.165, 1.54) is 18.2 Å². The summed E-state index contributed by atoms with van der Waals surface area (Å²) >= 11 is 0. The van der Waals surface area contributed by atoms with Gasteiger partial charge in [0.15, 0.2) is 5.82 Å². The largest absolute Gasteiger partial charge is 0.418 e. The van der Waals surface area contributed by atoms with Crippen molar-refractivity contribution in [3.8, 4) is 0 Å². The molecule has 1 fully saturated rings. The molecular formula is C18H22F3N5O2. The Hall–Kier alpha value is -2.46. The number of benzene rings is 1.